The molecule has 1 aromatic heterocycles. The summed E-state index contributed by atoms with van der Waals surface area (Å²) in [6.07, 6.45) is 3.65. The molecule has 0 spiro atoms. The molecule has 1 aromatic carbocycles. The smallest absolute Gasteiger partial charge is 0.275 e. The van der Waals surface area contributed by atoms with Crippen molar-refractivity contribution < 1.29 is 4.79 Å². The topological polar surface area (TPSA) is 41.4 Å². The highest BCUT2D eigenvalue weighted by Crippen LogP contribution is 2.38. The van der Waals surface area contributed by atoms with Crippen molar-refractivity contribution in [3.05, 3.63) is 40.3 Å². The number of halogens is 2. The average Bonchev–Trinajstić information content (AvgIpc) is 2.98. The van der Waals surface area contributed by atoms with Crippen LogP contribution >= 0.6 is 23.2 Å². The Bertz CT molecular complexity index is 770. The van der Waals surface area contributed by atoms with E-state index in [0.717, 1.165) is 18.5 Å². The van der Waals surface area contributed by atoms with Gasteiger partial charge >= 0.3 is 0 Å². The van der Waals surface area contributed by atoms with Crippen molar-refractivity contribution in [2.75, 3.05) is 18.6 Å². The van der Waals surface area contributed by atoms with Crippen LogP contribution in [0.4, 0.5) is 11.5 Å². The first-order chi connectivity index (χ1) is 11.5. The molecule has 5 nitrogen and oxygen atoms in total. The normalized spacial score (nSPS) is 14.5. The molecule has 0 atom stereocenters. The summed E-state index contributed by atoms with van der Waals surface area (Å²) in [6, 6.07) is 5.59. The number of rotatable bonds is 4. The van der Waals surface area contributed by atoms with Crippen molar-refractivity contribution >= 4 is 40.6 Å². The Hall–Kier alpha value is -1.72. The van der Waals surface area contributed by atoms with Gasteiger partial charge in [0.25, 0.3) is 5.91 Å². The van der Waals surface area contributed by atoms with Crippen molar-refractivity contribution in [3.63, 3.8) is 0 Å². The molecule has 2 aromatic rings. The summed E-state index contributed by atoms with van der Waals surface area (Å²) >= 11 is 12.4. The SMILES string of the molecule is CCC(CC)n1cnc2c1C(=O)N(C)CN2c1ccc(Cl)cc1Cl. The van der Waals surface area contributed by atoms with E-state index in [1.807, 2.05) is 15.5 Å². The van der Waals surface area contributed by atoms with Crippen LogP contribution in [0.5, 0.6) is 0 Å². The summed E-state index contributed by atoms with van der Waals surface area (Å²) in [5, 5.41) is 1.11. The number of amides is 1. The first-order valence-electron chi connectivity index (χ1n) is 8.02. The Labute approximate surface area is 151 Å². The summed E-state index contributed by atoms with van der Waals surface area (Å²) in [5.41, 5.74) is 1.40. The van der Waals surface area contributed by atoms with Crippen LogP contribution in [0.1, 0.15) is 43.2 Å². The van der Waals surface area contributed by atoms with Gasteiger partial charge in [0, 0.05) is 18.1 Å². The third-order valence-electron chi connectivity index (χ3n) is 4.47. The molecule has 0 radical (unpaired) electrons. The van der Waals surface area contributed by atoms with Crippen molar-refractivity contribution in [2.45, 2.75) is 32.7 Å². The summed E-state index contributed by atoms with van der Waals surface area (Å²) in [7, 11) is 1.78. The molecule has 1 aliphatic heterocycles. The van der Waals surface area contributed by atoms with Crippen LogP contribution in [0, 0.1) is 0 Å². The van der Waals surface area contributed by atoms with Gasteiger partial charge in [-0.1, -0.05) is 37.0 Å². The molecule has 3 rings (SSSR count). The highest BCUT2D eigenvalue weighted by atomic mass is 35.5. The van der Waals surface area contributed by atoms with Crippen LogP contribution in [0.2, 0.25) is 10.0 Å². The number of aromatic nitrogens is 2. The molecule has 2 heterocycles. The second-order valence-corrected chi connectivity index (χ2v) is 6.81. The lowest BCUT2D eigenvalue weighted by atomic mass is 10.1. The summed E-state index contributed by atoms with van der Waals surface area (Å²) in [6.45, 7) is 4.63. The number of hydrogen-bond acceptors (Lipinski definition) is 3. The molecule has 0 saturated carbocycles. The lowest BCUT2D eigenvalue weighted by Gasteiger charge is -2.35. The number of benzene rings is 1. The molecule has 0 unspecified atom stereocenters. The summed E-state index contributed by atoms with van der Waals surface area (Å²) < 4.78 is 1.99. The minimum absolute atomic E-state index is 0.0178. The summed E-state index contributed by atoms with van der Waals surface area (Å²) in [5.74, 6) is 0.630. The Kier molecular flexibility index (Phi) is 4.74. The van der Waals surface area contributed by atoms with Crippen LogP contribution in [-0.2, 0) is 0 Å². The first kappa shape index (κ1) is 17.1. The fraction of sp³-hybridized carbons (Fsp3) is 0.412. The molecule has 1 amide bonds. The Morgan fingerprint density at radius 3 is 2.58 bits per heavy atom. The highest BCUT2D eigenvalue weighted by molar-refractivity contribution is 6.36. The number of carbonyl (C=O) groups excluding carboxylic acids is 1. The Morgan fingerprint density at radius 2 is 1.96 bits per heavy atom. The van der Waals surface area contributed by atoms with Gasteiger partial charge in [0.15, 0.2) is 11.5 Å². The number of carbonyl (C=O) groups is 1. The second-order valence-electron chi connectivity index (χ2n) is 5.96. The molecule has 0 fully saturated rings. The predicted octanol–water partition coefficient (Wildman–Crippen LogP) is 4.73. The predicted molar refractivity (Wildman–Crippen MR) is 97.4 cm³/mol. The quantitative estimate of drug-likeness (QED) is 0.784. The molecule has 0 saturated heterocycles. The van der Waals surface area contributed by atoms with Crippen LogP contribution in [-0.4, -0.2) is 34.1 Å². The Balaban J connectivity index is 2.13. The fourth-order valence-electron chi connectivity index (χ4n) is 3.13. The zero-order valence-electron chi connectivity index (χ0n) is 14.0. The maximum atomic E-state index is 12.7. The monoisotopic (exact) mass is 366 g/mol. The molecular weight excluding hydrogens is 347 g/mol. The Morgan fingerprint density at radius 1 is 1.25 bits per heavy atom. The van der Waals surface area contributed by atoms with E-state index in [-0.39, 0.29) is 11.9 Å². The van der Waals surface area contributed by atoms with Crippen LogP contribution in [0.3, 0.4) is 0 Å². The molecule has 0 N–H and O–H groups in total. The van der Waals surface area contributed by atoms with Gasteiger partial charge in [-0.15, -0.1) is 0 Å². The van der Waals surface area contributed by atoms with Crippen molar-refractivity contribution in [1.82, 2.24) is 14.5 Å². The first-order valence-corrected chi connectivity index (χ1v) is 8.78. The molecule has 128 valence electrons. The largest absolute Gasteiger partial charge is 0.322 e. The third-order valence-corrected chi connectivity index (χ3v) is 5.01. The zero-order valence-corrected chi connectivity index (χ0v) is 15.5. The van der Waals surface area contributed by atoms with Gasteiger partial charge in [-0.3, -0.25) is 4.79 Å². The average molecular weight is 367 g/mol. The van der Waals surface area contributed by atoms with E-state index in [2.05, 4.69) is 18.8 Å². The zero-order chi connectivity index (χ0) is 17.4. The van der Waals surface area contributed by atoms with Crippen LogP contribution < -0.4 is 4.90 Å². The minimum atomic E-state index is -0.0178. The third kappa shape index (κ3) is 2.76. The van der Waals surface area contributed by atoms with Crippen LogP contribution in [0.25, 0.3) is 0 Å². The van der Waals surface area contributed by atoms with E-state index >= 15 is 0 Å². The lowest BCUT2D eigenvalue weighted by Crippen LogP contribution is -2.43. The summed E-state index contributed by atoms with van der Waals surface area (Å²) in [4.78, 5) is 20.9. The molecular formula is C17H20Cl2N4O. The van der Waals surface area contributed by atoms with E-state index < -0.39 is 0 Å². The standard InChI is InChI=1S/C17H20Cl2N4O/c1-4-12(5-2)22-9-20-16-15(22)17(24)21(3)10-23(16)14-7-6-11(18)8-13(14)19/h6-9,12H,4-5,10H2,1-3H3. The number of fused-ring (bicyclic) bond motifs is 1. The van der Waals surface area contributed by atoms with E-state index in [9.17, 15) is 4.79 Å². The highest BCUT2D eigenvalue weighted by Gasteiger charge is 2.34. The minimum Gasteiger partial charge on any atom is -0.322 e. The molecule has 0 bridgehead atoms. The maximum Gasteiger partial charge on any atom is 0.275 e. The lowest BCUT2D eigenvalue weighted by molar-refractivity contribution is 0.0773. The van der Waals surface area contributed by atoms with Gasteiger partial charge < -0.3 is 14.4 Å². The number of hydrogen-bond donors (Lipinski definition) is 0. The van der Waals surface area contributed by atoms with E-state index in [1.54, 1.807) is 30.4 Å². The van der Waals surface area contributed by atoms with Gasteiger partial charge in [0.05, 0.1) is 23.7 Å². The molecule has 24 heavy (non-hydrogen) atoms. The van der Waals surface area contributed by atoms with Gasteiger partial charge in [0.1, 0.15) is 0 Å². The van der Waals surface area contributed by atoms with Crippen molar-refractivity contribution in [3.8, 4) is 0 Å². The van der Waals surface area contributed by atoms with E-state index in [4.69, 9.17) is 23.2 Å². The van der Waals surface area contributed by atoms with Crippen LogP contribution in [0.15, 0.2) is 24.5 Å². The van der Waals surface area contributed by atoms with Gasteiger partial charge in [-0.05, 0) is 31.0 Å². The second kappa shape index (κ2) is 6.65. The number of anilines is 2. The van der Waals surface area contributed by atoms with Gasteiger partial charge in [-0.25, -0.2) is 4.98 Å². The number of imidazole rings is 1. The van der Waals surface area contributed by atoms with Gasteiger partial charge in [-0.2, -0.15) is 0 Å². The molecule has 7 heteroatoms. The van der Waals surface area contributed by atoms with E-state index in [0.29, 0.717) is 28.2 Å². The van der Waals surface area contributed by atoms with Crippen molar-refractivity contribution in [1.29, 1.82) is 0 Å². The molecule has 1 aliphatic rings. The number of nitrogens with zero attached hydrogens (tertiary/aromatic N) is 4. The van der Waals surface area contributed by atoms with Crippen molar-refractivity contribution in [2.24, 2.45) is 0 Å². The maximum absolute atomic E-state index is 12.7. The molecule has 0 aliphatic carbocycles. The fourth-order valence-corrected chi connectivity index (χ4v) is 3.64. The van der Waals surface area contributed by atoms with E-state index in [1.165, 1.54) is 0 Å². The van der Waals surface area contributed by atoms with Gasteiger partial charge in [0.2, 0.25) is 0 Å².